The van der Waals surface area contributed by atoms with Gasteiger partial charge in [-0.3, -0.25) is 0 Å². The Labute approximate surface area is 187 Å². The minimum atomic E-state index is -3.80. The molecule has 2 aromatic carbocycles. The number of methoxy groups -OCH3 is 1. The summed E-state index contributed by atoms with van der Waals surface area (Å²) in [4.78, 5) is 12.0. The van der Waals surface area contributed by atoms with Crippen LogP contribution in [0.25, 0.3) is 6.08 Å². The summed E-state index contributed by atoms with van der Waals surface area (Å²) in [6, 6.07) is 13.4. The van der Waals surface area contributed by atoms with Crippen LogP contribution in [0.2, 0.25) is 0 Å². The second-order valence-electron chi connectivity index (χ2n) is 6.91. The molecular weight excluding hydrogens is 466 g/mol. The fraction of sp³-hybridized carbons (Fsp3) is 0.261. The van der Waals surface area contributed by atoms with Crippen LogP contribution in [0, 0.1) is 20.8 Å². The zero-order chi connectivity index (χ0) is 22.3. The number of sulfonamides is 1. The van der Waals surface area contributed by atoms with E-state index in [4.69, 9.17) is 0 Å². The smallest absolute Gasteiger partial charge is 0.344 e. The fourth-order valence-corrected chi connectivity index (χ4v) is 5.26. The second-order valence-corrected chi connectivity index (χ2v) is 9.64. The van der Waals surface area contributed by atoms with Crippen LogP contribution in [-0.2, 0) is 19.6 Å². The van der Waals surface area contributed by atoms with Crippen molar-refractivity contribution in [3.8, 4) is 0 Å². The summed E-state index contributed by atoms with van der Waals surface area (Å²) >= 11 is 3.15. The lowest BCUT2D eigenvalue weighted by atomic mass is 10.1. The molecule has 2 rings (SSSR count). The number of benzene rings is 2. The molecule has 0 saturated carbocycles. The molecular formula is C23H26BrNO4S. The van der Waals surface area contributed by atoms with Crippen LogP contribution in [0.4, 0.5) is 0 Å². The number of esters is 1. The Bertz CT molecular complexity index is 1040. The van der Waals surface area contributed by atoms with Gasteiger partial charge in [0.1, 0.15) is 0 Å². The first-order valence-corrected chi connectivity index (χ1v) is 11.6. The maximum atomic E-state index is 13.5. The Balaban J connectivity index is 2.41. The van der Waals surface area contributed by atoms with E-state index in [0.717, 1.165) is 11.1 Å². The molecule has 0 radical (unpaired) electrons. The minimum absolute atomic E-state index is 0.0178. The predicted molar refractivity (Wildman–Crippen MR) is 124 cm³/mol. The van der Waals surface area contributed by atoms with Crippen molar-refractivity contribution < 1.29 is 17.9 Å². The zero-order valence-electron chi connectivity index (χ0n) is 17.6. The van der Waals surface area contributed by atoms with Crippen LogP contribution in [0.15, 0.2) is 64.0 Å². The molecule has 0 unspecified atom stereocenters. The molecule has 2 aromatic rings. The Morgan fingerprint density at radius 1 is 1.07 bits per heavy atom. The van der Waals surface area contributed by atoms with Crippen LogP contribution in [-0.4, -0.2) is 38.9 Å². The van der Waals surface area contributed by atoms with E-state index in [2.05, 4.69) is 20.7 Å². The Morgan fingerprint density at radius 2 is 1.67 bits per heavy atom. The number of hydrogen-bond acceptors (Lipinski definition) is 4. The molecule has 0 heterocycles. The van der Waals surface area contributed by atoms with Gasteiger partial charge in [-0.15, -0.1) is 0 Å². The average Bonchev–Trinajstić information content (AvgIpc) is 2.69. The molecule has 0 aliphatic rings. The van der Waals surface area contributed by atoms with Crippen molar-refractivity contribution in [2.75, 3.05) is 20.2 Å². The minimum Gasteiger partial charge on any atom is -0.465 e. The van der Waals surface area contributed by atoms with Gasteiger partial charge in [0.2, 0.25) is 10.0 Å². The van der Waals surface area contributed by atoms with E-state index in [1.165, 1.54) is 17.5 Å². The largest absolute Gasteiger partial charge is 0.465 e. The maximum Gasteiger partial charge on any atom is 0.344 e. The Kier molecular flexibility index (Phi) is 8.58. The molecule has 0 aliphatic heterocycles. The molecule has 0 saturated heterocycles. The average molecular weight is 492 g/mol. The van der Waals surface area contributed by atoms with E-state index >= 15 is 0 Å². The highest BCUT2D eigenvalue weighted by Crippen LogP contribution is 2.25. The molecule has 7 heteroatoms. The van der Waals surface area contributed by atoms with E-state index in [-0.39, 0.29) is 17.6 Å². The highest BCUT2D eigenvalue weighted by Gasteiger charge is 2.27. The molecule has 160 valence electrons. The summed E-state index contributed by atoms with van der Waals surface area (Å²) in [6.07, 6.45) is 5.17. The number of aryl methyl sites for hydroxylation is 3. The van der Waals surface area contributed by atoms with Gasteiger partial charge >= 0.3 is 5.97 Å². The maximum absolute atomic E-state index is 13.5. The van der Waals surface area contributed by atoms with E-state index in [1.807, 2.05) is 55.5 Å². The first kappa shape index (κ1) is 24.1. The van der Waals surface area contributed by atoms with Crippen LogP contribution in [0.1, 0.15) is 22.3 Å². The fourth-order valence-electron chi connectivity index (χ4n) is 3.21. The van der Waals surface area contributed by atoms with Crippen molar-refractivity contribution in [2.45, 2.75) is 25.7 Å². The summed E-state index contributed by atoms with van der Waals surface area (Å²) in [7, 11) is -2.53. The first-order chi connectivity index (χ1) is 14.2. The molecule has 0 aromatic heterocycles. The van der Waals surface area contributed by atoms with Gasteiger partial charge in [0, 0.05) is 13.1 Å². The summed E-state index contributed by atoms with van der Waals surface area (Å²) in [6.45, 7) is 5.70. The van der Waals surface area contributed by atoms with E-state index in [0.29, 0.717) is 16.0 Å². The summed E-state index contributed by atoms with van der Waals surface area (Å²) in [5.41, 5.74) is 3.37. The van der Waals surface area contributed by atoms with Gasteiger partial charge in [-0.05, 0) is 59.5 Å². The molecule has 0 spiro atoms. The number of halogens is 1. The van der Waals surface area contributed by atoms with Gasteiger partial charge in [-0.2, -0.15) is 4.31 Å². The third-order valence-electron chi connectivity index (χ3n) is 4.48. The topological polar surface area (TPSA) is 63.7 Å². The molecule has 0 fully saturated rings. The second kappa shape index (κ2) is 10.7. The predicted octanol–water partition coefficient (Wildman–Crippen LogP) is 4.77. The Morgan fingerprint density at radius 3 is 2.23 bits per heavy atom. The van der Waals surface area contributed by atoms with Crippen molar-refractivity contribution in [1.82, 2.24) is 4.31 Å². The molecule has 5 nitrogen and oxygen atoms in total. The quantitative estimate of drug-likeness (QED) is 0.394. The van der Waals surface area contributed by atoms with Crippen molar-refractivity contribution in [3.63, 3.8) is 0 Å². The van der Waals surface area contributed by atoms with Gasteiger partial charge in [0.15, 0.2) is 0 Å². The van der Waals surface area contributed by atoms with Crippen molar-refractivity contribution in [2.24, 2.45) is 0 Å². The van der Waals surface area contributed by atoms with E-state index in [1.54, 1.807) is 19.9 Å². The molecule has 0 amide bonds. The summed E-state index contributed by atoms with van der Waals surface area (Å²) in [5, 5.41) is 0. The van der Waals surface area contributed by atoms with E-state index in [9.17, 15) is 13.2 Å². The van der Waals surface area contributed by atoms with Crippen LogP contribution < -0.4 is 0 Å². The lowest BCUT2D eigenvalue weighted by molar-refractivity contribution is -0.135. The summed E-state index contributed by atoms with van der Waals surface area (Å²) in [5.74, 6) is -0.560. The van der Waals surface area contributed by atoms with E-state index < -0.39 is 16.0 Å². The number of hydrogen-bond donors (Lipinski definition) is 0. The standard InChI is InChI=1S/C23H26BrNO4S/c1-17-15-18(2)22(19(3)16-17)30(27,28)25(14-12-21(24)23(26)29-4)13-8-11-20-9-6-5-7-10-20/h5-12,15-16H,13-14H2,1-4H3/b11-8+,21-12-. The number of ether oxygens (including phenoxy) is 1. The SMILES string of the molecule is COC(=O)/C(Br)=C/CN(C/C=C/c1ccccc1)S(=O)(=O)c1c(C)cc(C)cc1C. The molecule has 0 N–H and O–H groups in total. The lowest BCUT2D eigenvalue weighted by Gasteiger charge is -2.22. The van der Waals surface area contributed by atoms with Gasteiger partial charge in [-0.25, -0.2) is 13.2 Å². The van der Waals surface area contributed by atoms with Gasteiger partial charge in [0.25, 0.3) is 0 Å². The monoisotopic (exact) mass is 491 g/mol. The number of rotatable bonds is 8. The van der Waals surface area contributed by atoms with Crippen molar-refractivity contribution in [3.05, 3.63) is 81.4 Å². The third-order valence-corrected chi connectivity index (χ3v) is 7.26. The number of carbonyl (C=O) groups excluding carboxylic acids is 1. The highest BCUT2D eigenvalue weighted by molar-refractivity contribution is 9.12. The number of nitrogens with zero attached hydrogens (tertiary/aromatic N) is 1. The highest BCUT2D eigenvalue weighted by atomic mass is 79.9. The zero-order valence-corrected chi connectivity index (χ0v) is 20.0. The molecule has 0 atom stereocenters. The van der Waals surface area contributed by atoms with Crippen LogP contribution in [0.3, 0.4) is 0 Å². The molecule has 0 aliphatic carbocycles. The third kappa shape index (κ3) is 6.14. The number of carbonyl (C=O) groups is 1. The molecule has 0 bridgehead atoms. The Hall–Kier alpha value is -2.22. The van der Waals surface area contributed by atoms with Gasteiger partial charge < -0.3 is 4.74 Å². The summed E-state index contributed by atoms with van der Waals surface area (Å²) < 4.78 is 33.2. The molecule has 30 heavy (non-hydrogen) atoms. The normalized spacial score (nSPS) is 12.5. The van der Waals surface area contributed by atoms with Gasteiger partial charge in [0.05, 0.1) is 16.5 Å². The van der Waals surface area contributed by atoms with Gasteiger partial charge in [-0.1, -0.05) is 60.2 Å². The first-order valence-electron chi connectivity index (χ1n) is 9.40. The van der Waals surface area contributed by atoms with Crippen molar-refractivity contribution >= 4 is 38.0 Å². The lowest BCUT2D eigenvalue weighted by Crippen LogP contribution is -2.33. The van der Waals surface area contributed by atoms with Crippen molar-refractivity contribution in [1.29, 1.82) is 0 Å². The van der Waals surface area contributed by atoms with Crippen LogP contribution >= 0.6 is 15.9 Å². The van der Waals surface area contributed by atoms with Crippen LogP contribution in [0.5, 0.6) is 0 Å².